The van der Waals surface area contributed by atoms with Crippen LogP contribution in [0.15, 0.2) is 42.5 Å². The number of benzene rings is 3. The zero-order valence-corrected chi connectivity index (χ0v) is 31.0. The predicted octanol–water partition coefficient (Wildman–Crippen LogP) is 7.94. The maximum atomic E-state index is 12.1. The van der Waals surface area contributed by atoms with E-state index in [0.717, 1.165) is 79.6 Å². The molecule has 50 heavy (non-hydrogen) atoms. The van der Waals surface area contributed by atoms with E-state index in [0.29, 0.717) is 36.4 Å². The van der Waals surface area contributed by atoms with Gasteiger partial charge in [0.25, 0.3) is 0 Å². The average molecular weight is 720 g/mol. The number of rotatable bonds is 15. The van der Waals surface area contributed by atoms with Crippen molar-refractivity contribution in [2.75, 3.05) is 18.5 Å². The topological polar surface area (TPSA) is 123 Å². The molecule has 0 spiro atoms. The number of hydrogen-bond donors (Lipinski definition) is 3. The molecule has 0 aliphatic rings. The molecule has 264 valence electrons. The molecule has 0 saturated heterocycles. The van der Waals surface area contributed by atoms with Crippen LogP contribution in [0.1, 0.15) is 69.8 Å². The van der Waals surface area contributed by atoms with Crippen molar-refractivity contribution in [3.63, 3.8) is 0 Å². The van der Waals surface area contributed by atoms with Crippen LogP contribution in [-0.4, -0.2) is 56.2 Å². The Morgan fingerprint density at radius 1 is 1.00 bits per heavy atom. The van der Waals surface area contributed by atoms with E-state index in [1.165, 1.54) is 0 Å². The minimum Gasteiger partial charge on any atom is -0.494 e. The summed E-state index contributed by atoms with van der Waals surface area (Å²) in [6, 6.07) is 13.7. The summed E-state index contributed by atoms with van der Waals surface area (Å²) >= 11 is 13.4. The van der Waals surface area contributed by atoms with Gasteiger partial charge in [0.2, 0.25) is 6.41 Å². The number of nitrogens with zero attached hydrogens (tertiary/aromatic N) is 4. The van der Waals surface area contributed by atoms with E-state index in [-0.39, 0.29) is 17.7 Å². The lowest BCUT2D eigenvalue weighted by molar-refractivity contribution is -0.109. The van der Waals surface area contributed by atoms with Crippen LogP contribution in [0.5, 0.6) is 5.75 Å². The first-order chi connectivity index (χ1) is 23.8. The quantitative estimate of drug-likeness (QED) is 0.0742. The minimum atomic E-state index is -1.07. The highest BCUT2D eigenvalue weighted by atomic mass is 35.5. The Kier molecular flexibility index (Phi) is 11.4. The van der Waals surface area contributed by atoms with E-state index in [1.54, 1.807) is 11.7 Å². The van der Waals surface area contributed by atoms with Gasteiger partial charge in [0.1, 0.15) is 5.75 Å². The highest BCUT2D eigenvalue weighted by molar-refractivity contribution is 6.34. The van der Waals surface area contributed by atoms with Gasteiger partial charge in [-0.3, -0.25) is 14.2 Å². The number of aryl methyl sites for hydroxylation is 5. The summed E-state index contributed by atoms with van der Waals surface area (Å²) in [6.07, 6.45) is 2.81. The molecular weight excluding hydrogens is 675 g/mol. The van der Waals surface area contributed by atoms with Crippen molar-refractivity contribution in [1.29, 1.82) is 0 Å². The number of carboxylic acid groups (broad SMARTS) is 1. The Morgan fingerprint density at radius 3 is 2.36 bits per heavy atom. The summed E-state index contributed by atoms with van der Waals surface area (Å²) in [5.41, 5.74) is 9.26. The molecule has 1 amide bonds. The summed E-state index contributed by atoms with van der Waals surface area (Å²) < 4.78 is 9.67. The molecule has 2 aromatic heterocycles. The standard InChI is InChI=1S/C38H44Cl2N6O4/c1-21-15-28(16-22(2)35(21)40)50-14-8-9-27(17-26-10-13-32-30(18-26)37(38(48)49)44-46(32)7)29-11-12-31(39)34(33-24(4)43-45(6)25(33)5)36(29)42-23(3)19-41-20-47/h10-13,15-16,18,20,23,27,42H,8-9,14,17,19H2,1-7H3,(H,41,47)(H,48,49)/t23-,27?/m1/s1. The molecule has 2 heterocycles. The number of aromatic nitrogens is 4. The first-order valence-corrected chi connectivity index (χ1v) is 17.4. The SMILES string of the molecule is Cc1cc(OCCCC(Cc2ccc3c(c2)c(C(=O)O)nn3C)c2ccc(Cl)c(-c3c(C)nn(C)c3C)c2N[C@H](C)CNC=O)cc(C)c1Cl. The number of carbonyl (C=O) groups is 2. The van der Waals surface area contributed by atoms with Crippen molar-refractivity contribution in [2.24, 2.45) is 14.1 Å². The van der Waals surface area contributed by atoms with Crippen LogP contribution in [0.25, 0.3) is 22.0 Å². The van der Waals surface area contributed by atoms with Crippen molar-refractivity contribution in [3.8, 4) is 16.9 Å². The Labute approximate surface area is 302 Å². The largest absolute Gasteiger partial charge is 0.494 e. The second kappa shape index (κ2) is 15.6. The van der Waals surface area contributed by atoms with Crippen molar-refractivity contribution in [1.82, 2.24) is 24.9 Å². The van der Waals surface area contributed by atoms with Gasteiger partial charge in [-0.25, -0.2) is 4.79 Å². The van der Waals surface area contributed by atoms with Gasteiger partial charge >= 0.3 is 5.97 Å². The third-order valence-electron chi connectivity index (χ3n) is 9.26. The maximum absolute atomic E-state index is 12.1. The number of carboxylic acids is 1. The van der Waals surface area contributed by atoms with E-state index >= 15 is 0 Å². The van der Waals surface area contributed by atoms with Crippen molar-refractivity contribution in [2.45, 2.75) is 65.8 Å². The average Bonchev–Trinajstić information content (AvgIpc) is 3.53. The summed E-state index contributed by atoms with van der Waals surface area (Å²) in [5.74, 6) is -0.320. The predicted molar refractivity (Wildman–Crippen MR) is 200 cm³/mol. The van der Waals surface area contributed by atoms with Gasteiger partial charge in [-0.2, -0.15) is 10.2 Å². The number of nitrogens with one attached hydrogen (secondary N) is 2. The highest BCUT2D eigenvalue weighted by Crippen LogP contribution is 2.44. The van der Waals surface area contributed by atoms with Crippen LogP contribution < -0.4 is 15.4 Å². The number of fused-ring (bicyclic) bond motifs is 1. The Morgan fingerprint density at radius 2 is 1.72 bits per heavy atom. The van der Waals surface area contributed by atoms with Crippen molar-refractivity contribution < 1.29 is 19.4 Å². The molecule has 12 heteroatoms. The van der Waals surface area contributed by atoms with Gasteiger partial charge in [-0.05, 0) is 112 Å². The Hall–Kier alpha value is -4.54. The summed E-state index contributed by atoms with van der Waals surface area (Å²) in [7, 11) is 3.66. The van der Waals surface area contributed by atoms with E-state index < -0.39 is 5.97 Å². The van der Waals surface area contributed by atoms with E-state index in [1.807, 2.05) is 82.7 Å². The number of halogens is 2. The molecule has 0 aliphatic heterocycles. The van der Waals surface area contributed by atoms with Gasteiger partial charge in [0.05, 0.1) is 22.8 Å². The number of ether oxygens (including phenoxy) is 1. The van der Waals surface area contributed by atoms with Crippen LogP contribution in [0.3, 0.4) is 0 Å². The highest BCUT2D eigenvalue weighted by Gasteiger charge is 2.26. The van der Waals surface area contributed by atoms with Gasteiger partial charge in [-0.1, -0.05) is 35.3 Å². The first-order valence-electron chi connectivity index (χ1n) is 16.7. The second-order valence-corrected chi connectivity index (χ2v) is 13.8. The molecule has 3 N–H and O–H groups in total. The lowest BCUT2D eigenvalue weighted by atomic mass is 9.84. The van der Waals surface area contributed by atoms with Crippen molar-refractivity contribution in [3.05, 3.63) is 91.8 Å². The molecule has 0 aliphatic carbocycles. The van der Waals surface area contributed by atoms with Crippen LogP contribution in [-0.2, 0) is 25.3 Å². The lowest BCUT2D eigenvalue weighted by Gasteiger charge is -2.27. The molecular formula is C38H44Cl2N6O4. The smallest absolute Gasteiger partial charge is 0.357 e. The first kappa shape index (κ1) is 36.7. The van der Waals surface area contributed by atoms with E-state index in [2.05, 4.69) is 21.8 Å². The van der Waals surface area contributed by atoms with Gasteiger partial charge in [-0.15, -0.1) is 0 Å². The van der Waals surface area contributed by atoms with E-state index in [4.69, 9.17) is 33.0 Å². The molecule has 5 rings (SSSR count). The van der Waals surface area contributed by atoms with Crippen LogP contribution in [0, 0.1) is 27.7 Å². The summed E-state index contributed by atoms with van der Waals surface area (Å²) in [4.78, 5) is 23.3. The van der Waals surface area contributed by atoms with Crippen LogP contribution in [0.2, 0.25) is 10.0 Å². The number of carbonyl (C=O) groups excluding carboxylic acids is 1. The van der Waals surface area contributed by atoms with E-state index in [9.17, 15) is 14.7 Å². The molecule has 0 radical (unpaired) electrons. The Bertz CT molecular complexity index is 2030. The van der Waals surface area contributed by atoms with Gasteiger partial charge in [0.15, 0.2) is 5.69 Å². The number of anilines is 1. The van der Waals surface area contributed by atoms with Crippen molar-refractivity contribution >= 4 is 52.2 Å². The molecule has 1 unspecified atom stereocenters. The fourth-order valence-electron chi connectivity index (χ4n) is 6.75. The van der Waals surface area contributed by atoms with Crippen LogP contribution in [0.4, 0.5) is 5.69 Å². The van der Waals surface area contributed by atoms with Gasteiger partial charge < -0.3 is 20.5 Å². The molecule has 3 aromatic carbocycles. The zero-order chi connectivity index (χ0) is 36.3. The normalized spacial score (nSPS) is 12.6. The fraction of sp³-hybridized carbons (Fsp3) is 0.368. The molecule has 10 nitrogen and oxygen atoms in total. The zero-order valence-electron chi connectivity index (χ0n) is 29.5. The molecule has 0 saturated carbocycles. The second-order valence-electron chi connectivity index (χ2n) is 13.0. The molecule has 2 atom stereocenters. The number of aromatic carboxylic acids is 1. The lowest BCUT2D eigenvalue weighted by Crippen LogP contribution is -2.30. The van der Waals surface area contributed by atoms with Gasteiger partial charge in [0, 0.05) is 59.6 Å². The third-order valence-corrected chi connectivity index (χ3v) is 10.2. The number of amides is 1. The fourth-order valence-corrected chi connectivity index (χ4v) is 7.11. The third kappa shape index (κ3) is 7.76. The van der Waals surface area contributed by atoms with Crippen LogP contribution >= 0.6 is 23.2 Å². The Balaban J connectivity index is 1.59. The monoisotopic (exact) mass is 718 g/mol. The number of hydrogen-bond acceptors (Lipinski definition) is 6. The summed E-state index contributed by atoms with van der Waals surface area (Å²) in [5, 5.41) is 27.2. The minimum absolute atomic E-state index is 0.0259. The molecule has 0 bridgehead atoms. The molecule has 0 fully saturated rings. The molecule has 5 aromatic rings. The maximum Gasteiger partial charge on any atom is 0.357 e. The summed E-state index contributed by atoms with van der Waals surface area (Å²) in [6.45, 7) is 10.9.